The van der Waals surface area contributed by atoms with Crippen molar-refractivity contribution in [3.05, 3.63) is 146 Å². The van der Waals surface area contributed by atoms with Crippen LogP contribution in [0.2, 0.25) is 0 Å². The van der Waals surface area contributed by atoms with Gasteiger partial charge in [-0.25, -0.2) is 0 Å². The highest BCUT2D eigenvalue weighted by Crippen LogP contribution is 2.12. The lowest BCUT2D eigenvalue weighted by atomic mass is 10.1. The van der Waals surface area contributed by atoms with Crippen molar-refractivity contribution in [2.45, 2.75) is 219 Å². The van der Waals surface area contributed by atoms with Crippen molar-refractivity contribution >= 4 is 11.9 Å². The standard InChI is InChI=1S/C63H100O5/c1-4-7-10-13-16-19-22-25-27-29-31-33-35-37-40-43-46-49-52-55-58-66-59-61(68-63(65)57-54-51-48-45-42-38-24-21-18-15-12-9-6-3)60-67-62(64)56-53-50-47-44-41-39-36-34-32-30-28-26-23-20-17-14-11-8-5-2/h7,9-10,12,16-21,25-28,31-34,37-38,40,42,48,51,61H,4-6,8,11,13-15,22-24,29-30,35-36,39,41,43-47,49-50,52-60H2,1-3H3/b10-7-,12-9-,19-16-,20-17-,21-18-,27-25-,28-26-,33-31-,34-32-,40-37-,42-38-,51-48-. The first kappa shape index (κ1) is 63.8. The maximum Gasteiger partial charge on any atom is 0.306 e. The molecule has 1 unspecified atom stereocenters. The molecule has 0 N–H and O–H groups in total. The number of hydrogen-bond donors (Lipinski definition) is 0. The first-order valence-corrected chi connectivity index (χ1v) is 27.4. The van der Waals surface area contributed by atoms with Gasteiger partial charge in [0.1, 0.15) is 6.61 Å². The average Bonchev–Trinajstić information content (AvgIpc) is 3.34. The van der Waals surface area contributed by atoms with E-state index in [0.717, 1.165) is 128 Å². The van der Waals surface area contributed by atoms with Gasteiger partial charge in [-0.15, -0.1) is 0 Å². The predicted molar refractivity (Wildman–Crippen MR) is 297 cm³/mol. The van der Waals surface area contributed by atoms with E-state index >= 15 is 0 Å². The van der Waals surface area contributed by atoms with Crippen LogP contribution in [0.5, 0.6) is 0 Å². The molecule has 0 amide bonds. The van der Waals surface area contributed by atoms with E-state index < -0.39 is 6.10 Å². The number of esters is 2. The monoisotopic (exact) mass is 937 g/mol. The minimum Gasteiger partial charge on any atom is -0.462 e. The predicted octanol–water partition coefficient (Wildman–Crippen LogP) is 18.9. The summed E-state index contributed by atoms with van der Waals surface area (Å²) in [5.41, 5.74) is 0. The fourth-order valence-corrected chi connectivity index (χ4v) is 6.85. The Labute approximate surface area is 419 Å². The van der Waals surface area contributed by atoms with Crippen LogP contribution in [0, 0.1) is 0 Å². The van der Waals surface area contributed by atoms with Crippen molar-refractivity contribution in [3.63, 3.8) is 0 Å². The number of unbranched alkanes of at least 4 members (excludes halogenated alkanes) is 13. The first-order chi connectivity index (χ1) is 33.6. The van der Waals surface area contributed by atoms with E-state index in [1.54, 1.807) is 0 Å². The summed E-state index contributed by atoms with van der Waals surface area (Å²) >= 11 is 0. The third-order valence-corrected chi connectivity index (χ3v) is 10.9. The van der Waals surface area contributed by atoms with E-state index in [1.807, 2.05) is 6.08 Å². The van der Waals surface area contributed by atoms with Crippen molar-refractivity contribution in [2.75, 3.05) is 19.8 Å². The summed E-state index contributed by atoms with van der Waals surface area (Å²) < 4.78 is 17.3. The molecule has 0 rings (SSSR count). The lowest BCUT2D eigenvalue weighted by Gasteiger charge is -2.18. The number of ether oxygens (including phenoxy) is 3. The molecule has 0 heterocycles. The molecule has 0 radical (unpaired) electrons. The van der Waals surface area contributed by atoms with Crippen molar-refractivity contribution < 1.29 is 23.8 Å². The molecule has 0 aliphatic rings. The van der Waals surface area contributed by atoms with Crippen LogP contribution in [0.3, 0.4) is 0 Å². The van der Waals surface area contributed by atoms with E-state index in [-0.39, 0.29) is 31.6 Å². The SMILES string of the molecule is CC/C=C\C/C=C\C/C=C\C/C=C\C/C=C\CCCCCCOCC(COC(=O)CCCCCCCC/C=C\C/C=C\C/C=C\CCCCC)OC(=O)CC/C=C\C/C=C\C/C=C\C/C=C\CC. The molecule has 5 heteroatoms. The van der Waals surface area contributed by atoms with Gasteiger partial charge >= 0.3 is 11.9 Å². The molecule has 0 aromatic carbocycles. The molecule has 0 aromatic heterocycles. The Bertz CT molecular complexity index is 1480. The highest BCUT2D eigenvalue weighted by atomic mass is 16.6. The molecule has 382 valence electrons. The second kappa shape index (κ2) is 57.1. The van der Waals surface area contributed by atoms with Crippen molar-refractivity contribution in [2.24, 2.45) is 0 Å². The van der Waals surface area contributed by atoms with E-state index in [2.05, 4.69) is 161 Å². The Morgan fingerprint density at radius 3 is 1.12 bits per heavy atom. The van der Waals surface area contributed by atoms with Crippen LogP contribution in [0.1, 0.15) is 213 Å². The minimum absolute atomic E-state index is 0.0290. The first-order valence-electron chi connectivity index (χ1n) is 27.4. The summed E-state index contributed by atoms with van der Waals surface area (Å²) in [7, 11) is 0. The fraction of sp³-hybridized carbons (Fsp3) is 0.587. The second-order valence-electron chi connectivity index (χ2n) is 17.4. The number of carbonyl (C=O) groups is 2. The number of allylic oxidation sites excluding steroid dienone is 24. The summed E-state index contributed by atoms with van der Waals surface area (Å²) in [5.74, 6) is -0.531. The molecule has 0 bridgehead atoms. The van der Waals surface area contributed by atoms with Crippen molar-refractivity contribution in [1.29, 1.82) is 0 Å². The van der Waals surface area contributed by atoms with E-state index in [0.29, 0.717) is 19.4 Å². The zero-order chi connectivity index (χ0) is 49.2. The topological polar surface area (TPSA) is 61.8 Å². The van der Waals surface area contributed by atoms with E-state index in [1.165, 1.54) is 44.9 Å². The van der Waals surface area contributed by atoms with E-state index in [9.17, 15) is 9.59 Å². The normalized spacial score (nSPS) is 13.4. The average molecular weight is 937 g/mol. The van der Waals surface area contributed by atoms with Crippen molar-refractivity contribution in [3.8, 4) is 0 Å². The van der Waals surface area contributed by atoms with Gasteiger partial charge in [0, 0.05) is 19.4 Å². The van der Waals surface area contributed by atoms with Gasteiger partial charge in [0.25, 0.3) is 0 Å². The zero-order valence-electron chi connectivity index (χ0n) is 43.8. The number of carbonyl (C=O) groups excluding carboxylic acids is 2. The Kier molecular flexibility index (Phi) is 53.6. The van der Waals surface area contributed by atoms with Gasteiger partial charge in [0.15, 0.2) is 6.10 Å². The smallest absolute Gasteiger partial charge is 0.306 e. The Morgan fingerprint density at radius 1 is 0.338 bits per heavy atom. The van der Waals surface area contributed by atoms with Crippen LogP contribution < -0.4 is 0 Å². The van der Waals surface area contributed by atoms with Gasteiger partial charge in [-0.1, -0.05) is 218 Å². The van der Waals surface area contributed by atoms with Crippen molar-refractivity contribution in [1.82, 2.24) is 0 Å². The van der Waals surface area contributed by atoms with Gasteiger partial charge in [-0.3, -0.25) is 9.59 Å². The molecule has 1 atom stereocenters. The molecule has 0 fully saturated rings. The second-order valence-corrected chi connectivity index (χ2v) is 17.4. The Balaban J connectivity index is 4.43. The number of hydrogen-bond acceptors (Lipinski definition) is 5. The number of rotatable bonds is 48. The summed E-state index contributed by atoms with van der Waals surface area (Å²) in [4.78, 5) is 25.4. The fourth-order valence-electron chi connectivity index (χ4n) is 6.85. The van der Waals surface area contributed by atoms with Crippen LogP contribution in [0.15, 0.2) is 146 Å². The maximum atomic E-state index is 12.8. The van der Waals surface area contributed by atoms with Gasteiger partial charge < -0.3 is 14.2 Å². The highest BCUT2D eigenvalue weighted by Gasteiger charge is 2.17. The minimum atomic E-state index is -0.605. The third kappa shape index (κ3) is 54.4. The van der Waals surface area contributed by atoms with E-state index in [4.69, 9.17) is 14.2 Å². The molecule has 0 saturated heterocycles. The van der Waals surface area contributed by atoms with Crippen LogP contribution >= 0.6 is 0 Å². The van der Waals surface area contributed by atoms with Gasteiger partial charge in [-0.05, 0) is 128 Å². The Hall–Kier alpha value is -4.22. The Morgan fingerprint density at radius 2 is 0.691 bits per heavy atom. The molecule has 0 saturated carbocycles. The van der Waals surface area contributed by atoms with Gasteiger partial charge in [-0.2, -0.15) is 0 Å². The lowest BCUT2D eigenvalue weighted by Crippen LogP contribution is -2.30. The molecule has 0 spiro atoms. The summed E-state index contributed by atoms with van der Waals surface area (Å²) in [6, 6.07) is 0. The van der Waals surface area contributed by atoms with Crippen LogP contribution in [-0.4, -0.2) is 37.9 Å². The summed E-state index contributed by atoms with van der Waals surface area (Å²) in [6.07, 6.45) is 83.0. The molecular formula is C63H100O5. The largest absolute Gasteiger partial charge is 0.462 e. The maximum absolute atomic E-state index is 12.8. The zero-order valence-corrected chi connectivity index (χ0v) is 43.8. The quantitative estimate of drug-likeness (QED) is 0.0346. The molecule has 68 heavy (non-hydrogen) atoms. The van der Waals surface area contributed by atoms with Crippen LogP contribution in [0.25, 0.3) is 0 Å². The summed E-state index contributed by atoms with van der Waals surface area (Å²) in [5, 5.41) is 0. The molecular weight excluding hydrogens is 837 g/mol. The molecule has 0 aliphatic heterocycles. The molecule has 5 nitrogen and oxygen atoms in total. The van der Waals surface area contributed by atoms with Gasteiger partial charge in [0.05, 0.1) is 6.61 Å². The van der Waals surface area contributed by atoms with Gasteiger partial charge in [0.2, 0.25) is 0 Å². The highest BCUT2D eigenvalue weighted by molar-refractivity contribution is 5.70. The third-order valence-electron chi connectivity index (χ3n) is 10.9. The molecule has 0 aliphatic carbocycles. The lowest BCUT2D eigenvalue weighted by molar-refractivity contribution is -0.162. The summed E-state index contributed by atoms with van der Waals surface area (Å²) in [6.45, 7) is 7.40. The molecule has 0 aromatic rings. The van der Waals surface area contributed by atoms with Crippen LogP contribution in [0.4, 0.5) is 0 Å². The van der Waals surface area contributed by atoms with Crippen LogP contribution in [-0.2, 0) is 23.8 Å².